The molecule has 70 valence electrons. The molecule has 0 aromatic heterocycles. The Kier molecular flexibility index (Phi) is 6.48. The molecule has 0 aliphatic heterocycles. The average Bonchev–Trinajstić information content (AvgIpc) is 2.11. The maximum atomic E-state index is 5.53. The number of allylic oxidation sites excluding steroid dienone is 3. The van der Waals surface area contributed by atoms with E-state index in [1.165, 1.54) is 0 Å². The molecule has 0 rings (SSSR count). The van der Waals surface area contributed by atoms with Crippen LogP contribution in [0.25, 0.3) is 0 Å². The van der Waals surface area contributed by atoms with Crippen LogP contribution in [0.5, 0.6) is 0 Å². The van der Waals surface area contributed by atoms with E-state index in [2.05, 4.69) is 5.32 Å². The molecule has 2 heteroatoms. The molecule has 0 bridgehead atoms. The zero-order valence-corrected chi connectivity index (χ0v) is 8.48. The fourth-order valence-corrected chi connectivity index (χ4v) is 0.768. The van der Waals surface area contributed by atoms with Crippen LogP contribution in [0.4, 0.5) is 0 Å². The summed E-state index contributed by atoms with van der Waals surface area (Å²) in [4.78, 5) is 0. The normalized spacial score (nSPS) is 13.3. The predicted molar refractivity (Wildman–Crippen MR) is 52.8 cm³/mol. The van der Waals surface area contributed by atoms with Gasteiger partial charge in [-0.05, 0) is 40.0 Å². The fourth-order valence-electron chi connectivity index (χ4n) is 0.768. The maximum absolute atomic E-state index is 5.53. The summed E-state index contributed by atoms with van der Waals surface area (Å²) in [6, 6.07) is 0. The lowest BCUT2D eigenvalue weighted by molar-refractivity contribution is 0.290. The number of nitrogens with one attached hydrogen (secondary N) is 1. The summed E-state index contributed by atoms with van der Waals surface area (Å²) in [6.45, 7) is 6.88. The molecule has 0 saturated heterocycles. The van der Waals surface area contributed by atoms with Gasteiger partial charge in [0.2, 0.25) is 0 Å². The summed E-state index contributed by atoms with van der Waals surface area (Å²) >= 11 is 0. The first-order valence-electron chi connectivity index (χ1n) is 4.35. The minimum absolute atomic E-state index is 0.943. The minimum atomic E-state index is 0.943. The molecule has 0 saturated carbocycles. The number of rotatable bonds is 5. The third-order valence-electron chi connectivity index (χ3n) is 1.64. The van der Waals surface area contributed by atoms with Crippen LogP contribution in [-0.2, 0) is 4.74 Å². The Hall–Kier alpha value is -0.760. The highest BCUT2D eigenvalue weighted by atomic mass is 16.5. The first-order valence-corrected chi connectivity index (χ1v) is 4.35. The molecule has 0 aromatic rings. The van der Waals surface area contributed by atoms with Gasteiger partial charge in [-0.2, -0.15) is 0 Å². The number of ether oxygens (including phenoxy) is 1. The van der Waals surface area contributed by atoms with Gasteiger partial charge in [0.05, 0.1) is 5.76 Å². The van der Waals surface area contributed by atoms with Gasteiger partial charge in [-0.1, -0.05) is 0 Å². The van der Waals surface area contributed by atoms with Crippen molar-refractivity contribution in [3.05, 3.63) is 23.7 Å². The molecule has 12 heavy (non-hydrogen) atoms. The van der Waals surface area contributed by atoms with Gasteiger partial charge >= 0.3 is 0 Å². The summed E-state index contributed by atoms with van der Waals surface area (Å²) in [6.07, 6.45) is 4.91. The van der Waals surface area contributed by atoms with Crippen molar-refractivity contribution in [3.8, 4) is 0 Å². The van der Waals surface area contributed by atoms with E-state index in [4.69, 9.17) is 4.74 Å². The van der Waals surface area contributed by atoms with Gasteiger partial charge < -0.3 is 10.1 Å². The van der Waals surface area contributed by atoms with Gasteiger partial charge in [0.15, 0.2) is 0 Å². The molecule has 2 nitrogen and oxygen atoms in total. The lowest BCUT2D eigenvalue weighted by Gasteiger charge is -2.09. The lowest BCUT2D eigenvalue weighted by Crippen LogP contribution is -2.09. The van der Waals surface area contributed by atoms with E-state index in [1.54, 1.807) is 0 Å². The van der Waals surface area contributed by atoms with Crippen molar-refractivity contribution in [2.75, 3.05) is 13.6 Å². The van der Waals surface area contributed by atoms with Crippen molar-refractivity contribution < 1.29 is 4.74 Å². The fraction of sp³-hybridized carbons (Fsp3) is 0.600. The van der Waals surface area contributed by atoms with Crippen LogP contribution in [0.1, 0.15) is 27.2 Å². The first kappa shape index (κ1) is 11.2. The van der Waals surface area contributed by atoms with E-state index >= 15 is 0 Å². The van der Waals surface area contributed by atoms with E-state index < -0.39 is 0 Å². The van der Waals surface area contributed by atoms with Crippen LogP contribution >= 0.6 is 0 Å². The summed E-state index contributed by atoms with van der Waals surface area (Å²) in [7, 11) is 1.94. The molecule has 0 fully saturated rings. The van der Waals surface area contributed by atoms with Crippen molar-refractivity contribution in [2.45, 2.75) is 27.2 Å². The van der Waals surface area contributed by atoms with Crippen LogP contribution in [0.2, 0.25) is 0 Å². The average molecular weight is 169 g/mol. The van der Waals surface area contributed by atoms with Crippen molar-refractivity contribution in [2.24, 2.45) is 0 Å². The second-order valence-corrected chi connectivity index (χ2v) is 2.61. The number of hydrogen-bond donors (Lipinski definition) is 1. The summed E-state index contributed by atoms with van der Waals surface area (Å²) in [5, 5.41) is 3.08. The van der Waals surface area contributed by atoms with E-state index in [-0.39, 0.29) is 0 Å². The molecule has 1 N–H and O–H groups in total. The standard InChI is InChI=1S/C10H19NO/c1-5-9(3)12-10(6-2)7-8-11-4/h5-6,11H,7-8H2,1-4H3/b9-5-,10-6-. The summed E-state index contributed by atoms with van der Waals surface area (Å²) < 4.78 is 5.53. The highest BCUT2D eigenvalue weighted by Crippen LogP contribution is 2.08. The summed E-state index contributed by atoms with van der Waals surface area (Å²) in [5.41, 5.74) is 0. The van der Waals surface area contributed by atoms with Gasteiger partial charge in [-0.25, -0.2) is 0 Å². The Morgan fingerprint density at radius 1 is 1.33 bits per heavy atom. The highest BCUT2D eigenvalue weighted by molar-refractivity contribution is 4.98. The van der Waals surface area contributed by atoms with E-state index in [1.807, 2.05) is 40.0 Å². The zero-order valence-electron chi connectivity index (χ0n) is 8.48. The molecule has 0 unspecified atom stereocenters. The molecule has 0 aliphatic carbocycles. The topological polar surface area (TPSA) is 21.3 Å². The Bertz CT molecular complexity index is 171. The molecule has 0 aliphatic rings. The van der Waals surface area contributed by atoms with Gasteiger partial charge in [-0.15, -0.1) is 0 Å². The van der Waals surface area contributed by atoms with Crippen LogP contribution < -0.4 is 5.32 Å². The lowest BCUT2D eigenvalue weighted by atomic mass is 10.3. The van der Waals surface area contributed by atoms with Gasteiger partial charge in [0.1, 0.15) is 5.76 Å². The Labute approximate surface area is 75.3 Å². The third kappa shape index (κ3) is 4.97. The van der Waals surface area contributed by atoms with Gasteiger partial charge in [0, 0.05) is 13.0 Å². The van der Waals surface area contributed by atoms with Gasteiger partial charge in [0.25, 0.3) is 0 Å². The van der Waals surface area contributed by atoms with E-state index in [9.17, 15) is 0 Å². The summed E-state index contributed by atoms with van der Waals surface area (Å²) in [5.74, 6) is 1.99. The molecular formula is C10H19NO. The predicted octanol–water partition coefficient (Wildman–Crippen LogP) is 2.44. The molecule has 0 heterocycles. The van der Waals surface area contributed by atoms with Crippen molar-refractivity contribution in [1.82, 2.24) is 5.32 Å². The first-order chi connectivity index (χ1) is 5.74. The van der Waals surface area contributed by atoms with Crippen molar-refractivity contribution in [1.29, 1.82) is 0 Å². The van der Waals surface area contributed by atoms with Crippen LogP contribution in [-0.4, -0.2) is 13.6 Å². The van der Waals surface area contributed by atoms with Crippen molar-refractivity contribution >= 4 is 0 Å². The second kappa shape index (κ2) is 6.92. The third-order valence-corrected chi connectivity index (χ3v) is 1.64. The molecule has 0 atom stereocenters. The quantitative estimate of drug-likeness (QED) is 0.638. The zero-order chi connectivity index (χ0) is 9.40. The largest absolute Gasteiger partial charge is 0.467 e. The molecule has 0 spiro atoms. The van der Waals surface area contributed by atoms with Crippen LogP contribution in [0, 0.1) is 0 Å². The molecule has 0 amide bonds. The van der Waals surface area contributed by atoms with Crippen molar-refractivity contribution in [3.63, 3.8) is 0 Å². The number of hydrogen-bond acceptors (Lipinski definition) is 2. The molecular weight excluding hydrogens is 150 g/mol. The molecule has 0 aromatic carbocycles. The Morgan fingerprint density at radius 3 is 2.42 bits per heavy atom. The molecule has 0 radical (unpaired) electrons. The van der Waals surface area contributed by atoms with E-state index in [0.29, 0.717) is 0 Å². The van der Waals surface area contributed by atoms with Crippen LogP contribution in [0.3, 0.4) is 0 Å². The monoisotopic (exact) mass is 169 g/mol. The van der Waals surface area contributed by atoms with Gasteiger partial charge in [-0.3, -0.25) is 0 Å². The minimum Gasteiger partial charge on any atom is -0.467 e. The maximum Gasteiger partial charge on any atom is 0.101 e. The van der Waals surface area contributed by atoms with E-state index in [0.717, 1.165) is 24.5 Å². The smallest absolute Gasteiger partial charge is 0.101 e. The second-order valence-electron chi connectivity index (χ2n) is 2.61. The van der Waals surface area contributed by atoms with Crippen LogP contribution in [0.15, 0.2) is 23.7 Å². The SMILES string of the molecule is C/C=C(/C)O/C(=C\C)CCNC. The Balaban J connectivity index is 3.85. The Morgan fingerprint density at radius 2 is 2.00 bits per heavy atom. The highest BCUT2D eigenvalue weighted by Gasteiger charge is 1.96.